The molecular formula is C25H23FN2O. The van der Waals surface area contributed by atoms with Crippen molar-refractivity contribution in [3.8, 4) is 11.8 Å². The fourth-order valence-electron chi connectivity index (χ4n) is 4.85. The molecule has 0 aliphatic carbocycles. The van der Waals surface area contributed by atoms with Crippen LogP contribution in [0.3, 0.4) is 0 Å². The summed E-state index contributed by atoms with van der Waals surface area (Å²) >= 11 is 0. The lowest BCUT2D eigenvalue weighted by Crippen LogP contribution is -2.55. The molecule has 4 heteroatoms. The Balaban J connectivity index is 1.35. The molecule has 2 aromatic carbocycles. The van der Waals surface area contributed by atoms with Gasteiger partial charge >= 0.3 is 0 Å². The number of aliphatic hydroxyl groups excluding tert-OH is 1. The van der Waals surface area contributed by atoms with E-state index in [0.29, 0.717) is 11.8 Å². The zero-order valence-electron chi connectivity index (χ0n) is 16.1. The number of benzene rings is 2. The molecule has 1 unspecified atom stereocenters. The van der Waals surface area contributed by atoms with Crippen LogP contribution in [0.5, 0.6) is 0 Å². The van der Waals surface area contributed by atoms with E-state index in [4.69, 9.17) is 0 Å². The molecule has 3 aliphatic heterocycles. The number of para-hydroxylation sites is 1. The molecule has 146 valence electrons. The molecule has 0 amide bonds. The minimum Gasteiger partial charge on any atom is -0.387 e. The number of aliphatic hydroxyl groups is 1. The second kappa shape index (κ2) is 7.59. The van der Waals surface area contributed by atoms with Crippen molar-refractivity contribution >= 4 is 10.9 Å². The van der Waals surface area contributed by atoms with Crippen LogP contribution < -0.4 is 0 Å². The van der Waals surface area contributed by atoms with Crippen LogP contribution in [0.2, 0.25) is 0 Å². The molecule has 1 aromatic heterocycles. The molecular weight excluding hydrogens is 363 g/mol. The second-order valence-electron chi connectivity index (χ2n) is 8.09. The average molecular weight is 386 g/mol. The highest BCUT2D eigenvalue weighted by Gasteiger charge is 2.42. The summed E-state index contributed by atoms with van der Waals surface area (Å²) in [7, 11) is 0. The Bertz CT molecular complexity index is 1080. The Hall–Kier alpha value is -2.74. The van der Waals surface area contributed by atoms with Gasteiger partial charge in [-0.05, 0) is 67.3 Å². The summed E-state index contributed by atoms with van der Waals surface area (Å²) in [5.41, 5.74) is 2.73. The third-order valence-corrected chi connectivity index (χ3v) is 6.41. The molecule has 3 aliphatic rings. The van der Waals surface area contributed by atoms with Gasteiger partial charge in [0.25, 0.3) is 0 Å². The normalized spacial score (nSPS) is 26.7. The number of halogens is 1. The average Bonchev–Trinajstić information content (AvgIpc) is 2.78. The second-order valence-corrected chi connectivity index (χ2v) is 8.09. The maximum absolute atomic E-state index is 13.1. The molecule has 4 heterocycles. The highest BCUT2D eigenvalue weighted by Crippen LogP contribution is 2.41. The first-order chi connectivity index (χ1) is 14.2. The van der Waals surface area contributed by atoms with Gasteiger partial charge in [-0.3, -0.25) is 9.88 Å². The van der Waals surface area contributed by atoms with Crippen molar-refractivity contribution in [2.24, 2.45) is 11.8 Å². The molecule has 3 fully saturated rings. The van der Waals surface area contributed by atoms with E-state index in [1.54, 1.807) is 18.3 Å². The number of fused-ring (bicyclic) bond motifs is 4. The topological polar surface area (TPSA) is 36.4 Å². The first-order valence-electron chi connectivity index (χ1n) is 10.2. The first kappa shape index (κ1) is 18.3. The van der Waals surface area contributed by atoms with Crippen molar-refractivity contribution in [3.05, 3.63) is 77.7 Å². The molecule has 6 rings (SSSR count). The predicted molar refractivity (Wildman–Crippen MR) is 112 cm³/mol. The van der Waals surface area contributed by atoms with E-state index in [-0.39, 0.29) is 11.9 Å². The van der Waals surface area contributed by atoms with Crippen LogP contribution in [-0.4, -0.2) is 34.1 Å². The van der Waals surface area contributed by atoms with E-state index in [9.17, 15) is 9.50 Å². The van der Waals surface area contributed by atoms with Gasteiger partial charge in [0.05, 0.1) is 11.6 Å². The monoisotopic (exact) mass is 386 g/mol. The molecule has 3 aromatic rings. The smallest absolute Gasteiger partial charge is 0.123 e. The lowest BCUT2D eigenvalue weighted by Gasteiger charge is -2.50. The van der Waals surface area contributed by atoms with Gasteiger partial charge < -0.3 is 5.11 Å². The highest BCUT2D eigenvalue weighted by atomic mass is 19.1. The molecule has 3 saturated heterocycles. The standard InChI is InChI=1S/C25H23FN2O/c26-20-9-6-17(7-10-20)5-8-19-16-28-14-12-18(19)15-24(28)25(29)22-11-13-27-23-4-2-1-3-21(22)23/h1-4,6-7,9-11,13,18-19,24-25,29H,12,14-16H2/t18-,19-,24-,25+/m0/s1. The maximum atomic E-state index is 13.1. The van der Waals surface area contributed by atoms with Crippen LogP contribution in [0, 0.1) is 29.5 Å². The number of nitrogens with zero attached hydrogens (tertiary/aromatic N) is 2. The zero-order valence-corrected chi connectivity index (χ0v) is 16.1. The van der Waals surface area contributed by atoms with Crippen molar-refractivity contribution in [1.82, 2.24) is 9.88 Å². The molecule has 0 saturated carbocycles. The summed E-state index contributed by atoms with van der Waals surface area (Å²) in [6, 6.07) is 16.4. The van der Waals surface area contributed by atoms with Crippen molar-refractivity contribution in [2.45, 2.75) is 25.0 Å². The Morgan fingerprint density at radius 2 is 1.93 bits per heavy atom. The molecule has 3 nitrogen and oxygen atoms in total. The number of piperidine rings is 3. The number of aromatic nitrogens is 1. The van der Waals surface area contributed by atoms with Gasteiger partial charge in [0.15, 0.2) is 0 Å². The van der Waals surface area contributed by atoms with Gasteiger partial charge in [-0.15, -0.1) is 0 Å². The van der Waals surface area contributed by atoms with E-state index < -0.39 is 6.10 Å². The van der Waals surface area contributed by atoms with Gasteiger partial charge in [-0.1, -0.05) is 30.0 Å². The van der Waals surface area contributed by atoms with Gasteiger partial charge in [-0.25, -0.2) is 4.39 Å². The molecule has 5 atom stereocenters. The van der Waals surface area contributed by atoms with Crippen molar-refractivity contribution < 1.29 is 9.50 Å². The van der Waals surface area contributed by atoms with Crippen LogP contribution >= 0.6 is 0 Å². The number of rotatable bonds is 2. The summed E-state index contributed by atoms with van der Waals surface area (Å²) in [6.07, 6.45) is 3.31. The minimum absolute atomic E-state index is 0.114. The Morgan fingerprint density at radius 3 is 2.72 bits per heavy atom. The molecule has 2 bridgehead atoms. The Labute approximate surface area is 170 Å². The summed E-state index contributed by atoms with van der Waals surface area (Å²) in [6.45, 7) is 1.88. The van der Waals surface area contributed by atoms with Crippen molar-refractivity contribution in [2.75, 3.05) is 13.1 Å². The van der Waals surface area contributed by atoms with Gasteiger partial charge in [0.2, 0.25) is 0 Å². The summed E-state index contributed by atoms with van der Waals surface area (Å²) in [5.74, 6) is 7.17. The molecule has 0 spiro atoms. The van der Waals surface area contributed by atoms with E-state index in [1.165, 1.54) is 12.1 Å². The van der Waals surface area contributed by atoms with Gasteiger partial charge in [-0.2, -0.15) is 0 Å². The minimum atomic E-state index is -0.531. The lowest BCUT2D eigenvalue weighted by molar-refractivity contribution is -0.0425. The fourth-order valence-corrected chi connectivity index (χ4v) is 4.85. The number of hydrogen-bond donors (Lipinski definition) is 1. The molecule has 0 radical (unpaired) electrons. The molecule has 29 heavy (non-hydrogen) atoms. The molecule has 1 N–H and O–H groups in total. The van der Waals surface area contributed by atoms with Gasteiger partial charge in [0.1, 0.15) is 5.82 Å². The third kappa shape index (κ3) is 3.53. The third-order valence-electron chi connectivity index (χ3n) is 6.41. The van der Waals surface area contributed by atoms with E-state index in [1.807, 2.05) is 30.3 Å². The fraction of sp³-hybridized carbons (Fsp3) is 0.320. The maximum Gasteiger partial charge on any atom is 0.123 e. The van der Waals surface area contributed by atoms with Gasteiger partial charge in [0, 0.05) is 35.7 Å². The quantitative estimate of drug-likeness (QED) is 0.672. The van der Waals surface area contributed by atoms with E-state index in [2.05, 4.69) is 21.7 Å². The summed E-state index contributed by atoms with van der Waals surface area (Å²) in [5, 5.41) is 12.3. The zero-order chi connectivity index (χ0) is 19.8. The van der Waals surface area contributed by atoms with E-state index >= 15 is 0 Å². The SMILES string of the molecule is O[C@H](c1ccnc2ccccc12)[C@@H]1C[C@@H]2CCN1C[C@@H]2C#Cc1ccc(F)cc1. The van der Waals surface area contributed by atoms with Crippen LogP contribution in [0.15, 0.2) is 60.8 Å². The lowest BCUT2D eigenvalue weighted by atomic mass is 9.73. The van der Waals surface area contributed by atoms with Crippen LogP contribution in [0.4, 0.5) is 4.39 Å². The summed E-state index contributed by atoms with van der Waals surface area (Å²) in [4.78, 5) is 6.81. The van der Waals surface area contributed by atoms with E-state index in [0.717, 1.165) is 48.0 Å². The van der Waals surface area contributed by atoms with Crippen molar-refractivity contribution in [1.29, 1.82) is 0 Å². The Kier molecular flexibility index (Phi) is 4.79. The van der Waals surface area contributed by atoms with Crippen molar-refractivity contribution in [3.63, 3.8) is 0 Å². The predicted octanol–water partition coefficient (Wildman–Crippen LogP) is 4.17. The van der Waals surface area contributed by atoms with Crippen LogP contribution in [0.25, 0.3) is 10.9 Å². The van der Waals surface area contributed by atoms with Crippen LogP contribution in [-0.2, 0) is 0 Å². The highest BCUT2D eigenvalue weighted by molar-refractivity contribution is 5.82. The number of pyridine rings is 1. The largest absolute Gasteiger partial charge is 0.387 e. The Morgan fingerprint density at radius 1 is 1.10 bits per heavy atom. The van der Waals surface area contributed by atoms with Crippen LogP contribution in [0.1, 0.15) is 30.1 Å². The summed E-state index contributed by atoms with van der Waals surface area (Å²) < 4.78 is 13.1. The number of hydrogen-bond acceptors (Lipinski definition) is 3. The first-order valence-corrected chi connectivity index (χ1v) is 10.2.